The van der Waals surface area contributed by atoms with Crippen LogP contribution in [0.15, 0.2) is 24.3 Å². The van der Waals surface area contributed by atoms with Crippen molar-refractivity contribution >= 4 is 23.1 Å². The monoisotopic (exact) mass is 226 g/mol. The van der Waals surface area contributed by atoms with Crippen molar-refractivity contribution in [3.63, 3.8) is 0 Å². The number of nitrogens with one attached hydrogen (secondary N) is 1. The van der Waals surface area contributed by atoms with E-state index in [2.05, 4.69) is 5.32 Å². The summed E-state index contributed by atoms with van der Waals surface area (Å²) in [5.41, 5.74) is 6.65. The van der Waals surface area contributed by atoms with Crippen LogP contribution in [0.5, 0.6) is 0 Å². The number of nitrogen functional groups attached to an aromatic ring is 1. The molecule has 0 heterocycles. The van der Waals surface area contributed by atoms with Gasteiger partial charge in [-0.1, -0.05) is 12.1 Å². The van der Waals surface area contributed by atoms with Gasteiger partial charge >= 0.3 is 0 Å². The quantitative estimate of drug-likeness (QED) is 0.670. The van der Waals surface area contributed by atoms with Gasteiger partial charge in [0, 0.05) is 12.3 Å². The van der Waals surface area contributed by atoms with E-state index < -0.39 is 5.60 Å². The number of para-hydroxylation sites is 2. The number of hydrogen-bond donors (Lipinski definition) is 3. The molecule has 3 nitrogen and oxygen atoms in total. The summed E-state index contributed by atoms with van der Waals surface area (Å²) < 4.78 is 0. The minimum absolute atomic E-state index is 0.502. The van der Waals surface area contributed by atoms with Crippen molar-refractivity contribution in [3.05, 3.63) is 24.3 Å². The van der Waals surface area contributed by atoms with Gasteiger partial charge in [-0.25, -0.2) is 0 Å². The Morgan fingerprint density at radius 1 is 1.47 bits per heavy atom. The summed E-state index contributed by atoms with van der Waals surface area (Å²) in [5.74, 6) is 0.701. The molecule has 0 radical (unpaired) electrons. The first-order chi connectivity index (χ1) is 7.05. The van der Waals surface area contributed by atoms with E-state index in [1.165, 1.54) is 0 Å². The lowest BCUT2D eigenvalue weighted by molar-refractivity contribution is 0.0997. The summed E-state index contributed by atoms with van der Waals surface area (Å²) in [5, 5.41) is 13.1. The van der Waals surface area contributed by atoms with Crippen LogP contribution in [0.1, 0.15) is 6.92 Å². The van der Waals surface area contributed by atoms with Crippen LogP contribution >= 0.6 is 11.8 Å². The Labute approximate surface area is 95.1 Å². The molecule has 0 bridgehead atoms. The van der Waals surface area contributed by atoms with Crippen molar-refractivity contribution in [2.45, 2.75) is 12.5 Å². The lowest BCUT2D eigenvalue weighted by atomic mass is 10.1. The second kappa shape index (κ2) is 5.28. The van der Waals surface area contributed by atoms with Crippen LogP contribution in [0.2, 0.25) is 0 Å². The molecule has 0 saturated carbocycles. The lowest BCUT2D eigenvalue weighted by Gasteiger charge is -2.23. The second-order valence-electron chi connectivity index (χ2n) is 3.87. The van der Waals surface area contributed by atoms with Gasteiger partial charge in [-0.15, -0.1) is 0 Å². The molecule has 1 aromatic carbocycles. The van der Waals surface area contributed by atoms with Gasteiger partial charge in [-0.3, -0.25) is 0 Å². The molecule has 0 spiro atoms. The minimum Gasteiger partial charge on any atom is -0.397 e. The van der Waals surface area contributed by atoms with Crippen molar-refractivity contribution < 1.29 is 5.11 Å². The fourth-order valence-corrected chi connectivity index (χ4v) is 2.03. The van der Waals surface area contributed by atoms with Crippen molar-refractivity contribution in [3.8, 4) is 0 Å². The summed E-state index contributed by atoms with van der Waals surface area (Å²) in [6.07, 6.45) is 1.98. The average Bonchev–Trinajstić information content (AvgIpc) is 2.16. The Hall–Kier alpha value is -0.870. The molecule has 1 atom stereocenters. The third kappa shape index (κ3) is 4.01. The molecule has 4 heteroatoms. The van der Waals surface area contributed by atoms with E-state index >= 15 is 0 Å². The van der Waals surface area contributed by atoms with Crippen LogP contribution in [-0.2, 0) is 0 Å². The van der Waals surface area contributed by atoms with Gasteiger partial charge in [-0.05, 0) is 25.3 Å². The second-order valence-corrected chi connectivity index (χ2v) is 4.74. The van der Waals surface area contributed by atoms with E-state index in [9.17, 15) is 5.11 Å². The average molecular weight is 226 g/mol. The molecule has 0 aliphatic carbocycles. The third-order valence-electron chi connectivity index (χ3n) is 2.08. The molecule has 84 valence electrons. The molecule has 0 saturated heterocycles. The number of aliphatic hydroxyl groups is 1. The number of anilines is 2. The van der Waals surface area contributed by atoms with Gasteiger partial charge in [0.1, 0.15) is 0 Å². The molecule has 1 unspecified atom stereocenters. The van der Waals surface area contributed by atoms with Crippen molar-refractivity contribution in [2.24, 2.45) is 0 Å². The Bertz CT molecular complexity index is 315. The van der Waals surface area contributed by atoms with E-state index in [-0.39, 0.29) is 0 Å². The highest BCUT2D eigenvalue weighted by atomic mass is 32.2. The van der Waals surface area contributed by atoms with Crippen LogP contribution in [0.3, 0.4) is 0 Å². The highest BCUT2D eigenvalue weighted by molar-refractivity contribution is 7.98. The van der Waals surface area contributed by atoms with Crippen LogP contribution in [0.4, 0.5) is 11.4 Å². The summed E-state index contributed by atoms with van der Waals surface area (Å²) in [4.78, 5) is 0. The van der Waals surface area contributed by atoms with Crippen LogP contribution < -0.4 is 11.1 Å². The normalized spacial score (nSPS) is 14.6. The predicted molar refractivity (Wildman–Crippen MR) is 68.3 cm³/mol. The Morgan fingerprint density at radius 3 is 2.73 bits per heavy atom. The van der Waals surface area contributed by atoms with E-state index in [0.29, 0.717) is 18.0 Å². The Morgan fingerprint density at radius 2 is 2.13 bits per heavy atom. The van der Waals surface area contributed by atoms with E-state index in [1.54, 1.807) is 11.8 Å². The van der Waals surface area contributed by atoms with Gasteiger partial charge in [0.2, 0.25) is 0 Å². The fourth-order valence-electron chi connectivity index (χ4n) is 1.31. The van der Waals surface area contributed by atoms with E-state index in [4.69, 9.17) is 5.73 Å². The van der Waals surface area contributed by atoms with Crippen LogP contribution in [0.25, 0.3) is 0 Å². The zero-order valence-electron chi connectivity index (χ0n) is 9.16. The summed E-state index contributed by atoms with van der Waals surface area (Å²) >= 11 is 1.63. The largest absolute Gasteiger partial charge is 0.397 e. The van der Waals surface area contributed by atoms with Gasteiger partial charge in [0.15, 0.2) is 0 Å². The molecule has 0 amide bonds. The van der Waals surface area contributed by atoms with E-state index in [1.807, 2.05) is 37.4 Å². The maximum Gasteiger partial charge on any atom is 0.0881 e. The predicted octanol–water partition coefficient (Wildman–Crippen LogP) is 1.79. The van der Waals surface area contributed by atoms with Crippen LogP contribution in [-0.4, -0.2) is 29.3 Å². The number of rotatable bonds is 5. The van der Waals surface area contributed by atoms with E-state index in [0.717, 1.165) is 5.69 Å². The zero-order chi connectivity index (χ0) is 11.3. The fraction of sp³-hybridized carbons (Fsp3) is 0.455. The third-order valence-corrected chi connectivity index (χ3v) is 2.99. The Kier molecular flexibility index (Phi) is 4.29. The molecule has 15 heavy (non-hydrogen) atoms. The summed E-state index contributed by atoms with van der Waals surface area (Å²) in [7, 11) is 0. The first-order valence-corrected chi connectivity index (χ1v) is 6.24. The molecule has 1 aromatic rings. The molecule has 1 rings (SSSR count). The zero-order valence-corrected chi connectivity index (χ0v) is 9.97. The SMILES string of the molecule is CSCC(C)(O)CNc1ccccc1N. The highest BCUT2D eigenvalue weighted by Gasteiger charge is 2.19. The highest BCUT2D eigenvalue weighted by Crippen LogP contribution is 2.18. The first-order valence-electron chi connectivity index (χ1n) is 4.85. The van der Waals surface area contributed by atoms with Crippen molar-refractivity contribution in [2.75, 3.05) is 29.6 Å². The molecular weight excluding hydrogens is 208 g/mol. The Balaban J connectivity index is 2.53. The summed E-state index contributed by atoms with van der Waals surface area (Å²) in [6, 6.07) is 7.55. The van der Waals surface area contributed by atoms with Gasteiger partial charge in [0.05, 0.1) is 17.0 Å². The van der Waals surface area contributed by atoms with Crippen LogP contribution in [0, 0.1) is 0 Å². The number of hydrogen-bond acceptors (Lipinski definition) is 4. The maximum absolute atomic E-state index is 9.94. The standard InChI is InChI=1S/C11H18N2OS/c1-11(14,8-15-2)7-13-10-6-4-3-5-9(10)12/h3-6,13-14H,7-8,12H2,1-2H3. The molecule has 0 aromatic heterocycles. The van der Waals surface area contributed by atoms with Gasteiger partial charge in [0.25, 0.3) is 0 Å². The van der Waals surface area contributed by atoms with Gasteiger partial charge < -0.3 is 16.2 Å². The molecule has 0 aliphatic rings. The molecule has 4 N–H and O–H groups in total. The lowest BCUT2D eigenvalue weighted by Crippen LogP contribution is -2.36. The molecular formula is C11H18N2OS. The summed E-state index contributed by atoms with van der Waals surface area (Å²) in [6.45, 7) is 2.32. The maximum atomic E-state index is 9.94. The minimum atomic E-state index is -0.707. The van der Waals surface area contributed by atoms with Crippen molar-refractivity contribution in [1.29, 1.82) is 0 Å². The number of thioether (sulfide) groups is 1. The smallest absolute Gasteiger partial charge is 0.0881 e. The molecule has 0 fully saturated rings. The number of benzene rings is 1. The van der Waals surface area contributed by atoms with Gasteiger partial charge in [-0.2, -0.15) is 11.8 Å². The topological polar surface area (TPSA) is 58.3 Å². The van der Waals surface area contributed by atoms with Crippen molar-refractivity contribution in [1.82, 2.24) is 0 Å². The first kappa shape index (κ1) is 12.2. The number of nitrogens with two attached hydrogens (primary N) is 1. The molecule has 0 aliphatic heterocycles.